The van der Waals surface area contributed by atoms with Crippen LogP contribution in [0.3, 0.4) is 0 Å². The number of rotatable bonds is 3. The van der Waals surface area contributed by atoms with Crippen LogP contribution >= 0.6 is 0 Å². The minimum Gasteiger partial charge on any atom is -1.00 e. The van der Waals surface area contributed by atoms with Crippen LogP contribution < -0.4 is 24.8 Å². The van der Waals surface area contributed by atoms with Gasteiger partial charge in [-0.05, 0) is 6.42 Å². The zero-order valence-corrected chi connectivity index (χ0v) is 21.0. The van der Waals surface area contributed by atoms with Gasteiger partial charge in [-0.25, -0.2) is 12.1 Å². The van der Waals surface area contributed by atoms with Gasteiger partial charge < -0.3 is 24.8 Å². The number of benzene rings is 2. The van der Waals surface area contributed by atoms with Crippen molar-refractivity contribution in [1.82, 2.24) is 0 Å². The van der Waals surface area contributed by atoms with Crippen molar-refractivity contribution in [3.63, 3.8) is 0 Å². The zero-order chi connectivity index (χ0) is 18.8. The Morgan fingerprint density at radius 2 is 1.57 bits per heavy atom. The summed E-state index contributed by atoms with van der Waals surface area (Å²) in [5, 5.41) is 0. The fourth-order valence-corrected chi connectivity index (χ4v) is 2.96. The maximum atomic E-state index is 3.30. The molecule has 148 valence electrons. The second kappa shape index (κ2) is 15.2. The van der Waals surface area contributed by atoms with Crippen LogP contribution in [-0.4, -0.2) is 6.19 Å². The molecule has 4 rings (SSSR count). The van der Waals surface area contributed by atoms with Gasteiger partial charge in [0.1, 0.15) is 0 Å². The van der Waals surface area contributed by atoms with Crippen molar-refractivity contribution < 1.29 is 44.0 Å². The molecule has 0 aliphatic heterocycles. The summed E-state index contributed by atoms with van der Waals surface area (Å²) in [5.74, 6) is 0. The van der Waals surface area contributed by atoms with E-state index in [4.69, 9.17) is 0 Å². The molecule has 0 radical (unpaired) electrons. The third-order valence-corrected chi connectivity index (χ3v) is 4.17. The van der Waals surface area contributed by atoms with Crippen molar-refractivity contribution in [2.24, 2.45) is 0 Å². The molecule has 0 amide bonds. The first-order chi connectivity index (χ1) is 12.6. The van der Waals surface area contributed by atoms with E-state index in [1.54, 1.807) is 0 Å². The molecule has 4 heteroatoms. The van der Waals surface area contributed by atoms with Crippen LogP contribution in [0.25, 0.3) is 11.1 Å². The molecular formula is C24H28Cl2SiTi-2. The largest absolute Gasteiger partial charge is 1.00 e. The topological polar surface area (TPSA) is 0 Å². The molecule has 0 saturated heterocycles. The molecule has 0 bridgehead atoms. The Labute approximate surface area is 195 Å². The molecule has 0 spiro atoms. The fraction of sp³-hybridized carbons (Fsp3) is 0.292. The predicted octanol–water partition coefficient (Wildman–Crippen LogP) is 0.598. The van der Waals surface area contributed by atoms with Crippen molar-refractivity contribution in [2.45, 2.75) is 45.7 Å². The molecule has 0 atom stereocenters. The Hall–Kier alpha value is -0.699. The van der Waals surface area contributed by atoms with E-state index in [-0.39, 0.29) is 31.0 Å². The Bertz CT molecular complexity index is 765. The quantitative estimate of drug-likeness (QED) is 0.309. The van der Waals surface area contributed by atoms with E-state index in [9.17, 15) is 0 Å². The smallest absolute Gasteiger partial charge is 0.0253 e. The maximum Gasteiger partial charge on any atom is -0.0253 e. The Balaban J connectivity index is 0.000000432. The van der Waals surface area contributed by atoms with Gasteiger partial charge in [-0.3, -0.25) is 0 Å². The van der Waals surface area contributed by atoms with E-state index in [0.29, 0.717) is 0 Å². The standard InChI is InChI=1S/C13H9.C9H13.C2H6Si.2ClH.Ti/c1-3-7-12-10(5-1)9-11-6-2-4-8-13(11)12;1-2-3-6-9-7-4-5-8-9;1-3-2;;;/h1-5,7-8H,9H2;4-5,7-8H,2-3,6H2,1H3;1-2H3;2*1H;/q2*-1;;;;+2/p-2. The first kappa shape index (κ1) is 27.3. The minimum atomic E-state index is 0. The Morgan fingerprint density at radius 1 is 0.964 bits per heavy atom. The number of hydrogen-bond acceptors (Lipinski definition) is 0. The van der Waals surface area contributed by atoms with Crippen molar-refractivity contribution >= 4 is 6.19 Å². The number of unbranched alkanes of at least 4 members (excludes halogenated alkanes) is 1. The number of halogens is 2. The van der Waals surface area contributed by atoms with Gasteiger partial charge in [0.25, 0.3) is 0 Å². The van der Waals surface area contributed by atoms with Crippen LogP contribution in [0.15, 0.2) is 66.7 Å². The maximum absolute atomic E-state index is 3.30. The van der Waals surface area contributed by atoms with Gasteiger partial charge in [-0.15, -0.1) is 5.56 Å². The molecule has 3 aromatic rings. The summed E-state index contributed by atoms with van der Waals surface area (Å²) in [4.78, 5) is 0. The third-order valence-electron chi connectivity index (χ3n) is 4.17. The number of hydrogen-bond donors (Lipinski definition) is 0. The first-order valence-electron chi connectivity index (χ1n) is 9.42. The average Bonchev–Trinajstić information content (AvgIpc) is 3.27. The molecule has 1 aliphatic carbocycles. The summed E-state index contributed by atoms with van der Waals surface area (Å²) >= 11 is 2.27. The zero-order valence-electron chi connectivity index (χ0n) is 16.9. The van der Waals surface area contributed by atoms with Gasteiger partial charge in [-0.1, -0.05) is 61.6 Å². The van der Waals surface area contributed by atoms with Crippen molar-refractivity contribution in [3.05, 3.63) is 89.5 Å². The van der Waals surface area contributed by atoms with E-state index in [0.717, 1.165) is 6.42 Å². The Morgan fingerprint density at radius 3 is 2.21 bits per heavy atom. The molecule has 0 saturated carbocycles. The van der Waals surface area contributed by atoms with E-state index in [1.807, 2.05) is 6.07 Å². The summed E-state index contributed by atoms with van der Waals surface area (Å²) in [7, 11) is 0. The van der Waals surface area contributed by atoms with Gasteiger partial charge >= 0.3 is 38.5 Å². The molecule has 0 fully saturated rings. The van der Waals surface area contributed by atoms with Crippen LogP contribution in [0, 0.1) is 6.07 Å². The minimum absolute atomic E-state index is 0. The van der Waals surface area contributed by atoms with E-state index in [2.05, 4.69) is 106 Å². The van der Waals surface area contributed by atoms with Crippen LogP contribution in [0.5, 0.6) is 0 Å². The Kier molecular flexibility index (Phi) is 14.8. The summed E-state index contributed by atoms with van der Waals surface area (Å²) in [6.45, 7) is 6.76. The molecule has 1 aliphatic rings. The normalized spacial score (nSPS) is 9.89. The molecule has 0 aromatic heterocycles. The van der Waals surface area contributed by atoms with Crippen molar-refractivity contribution in [2.75, 3.05) is 0 Å². The molecular weight excluding hydrogens is 435 g/mol. The second-order valence-corrected chi connectivity index (χ2v) is 13.5. The molecule has 0 N–H and O–H groups in total. The SMILES string of the molecule is CCCC[c-]1cccc1.C[Si](C)=[Ti+2].[Cl-].[Cl-].[c-]1cccc2c1Cc1ccccc1-2. The average molecular weight is 463 g/mol. The van der Waals surface area contributed by atoms with E-state index < -0.39 is 0 Å². The fourth-order valence-electron chi connectivity index (χ4n) is 2.96. The molecule has 3 aromatic carbocycles. The van der Waals surface area contributed by atoms with Crippen molar-refractivity contribution in [3.8, 4) is 11.1 Å². The molecule has 0 nitrogen and oxygen atoms in total. The van der Waals surface area contributed by atoms with E-state index in [1.165, 1.54) is 47.1 Å². The number of aryl methyl sites for hydroxylation is 1. The molecule has 0 unspecified atom stereocenters. The van der Waals surface area contributed by atoms with E-state index >= 15 is 0 Å². The monoisotopic (exact) mass is 462 g/mol. The van der Waals surface area contributed by atoms with Crippen LogP contribution in [0.4, 0.5) is 0 Å². The predicted molar refractivity (Wildman–Crippen MR) is 112 cm³/mol. The molecule has 28 heavy (non-hydrogen) atoms. The van der Waals surface area contributed by atoms with Gasteiger partial charge in [0.2, 0.25) is 0 Å². The molecule has 0 heterocycles. The van der Waals surface area contributed by atoms with Crippen LogP contribution in [0.1, 0.15) is 36.5 Å². The number of fused-ring (bicyclic) bond motifs is 3. The van der Waals surface area contributed by atoms with Gasteiger partial charge in [0.05, 0.1) is 0 Å². The van der Waals surface area contributed by atoms with Crippen LogP contribution in [0.2, 0.25) is 13.1 Å². The summed E-state index contributed by atoms with van der Waals surface area (Å²) in [5.41, 5.74) is 6.99. The summed E-state index contributed by atoms with van der Waals surface area (Å²) in [6.07, 6.45) is 5.04. The summed E-state index contributed by atoms with van der Waals surface area (Å²) < 4.78 is 0. The van der Waals surface area contributed by atoms with Gasteiger partial charge in [0, 0.05) is 0 Å². The van der Waals surface area contributed by atoms with Crippen molar-refractivity contribution in [1.29, 1.82) is 0 Å². The third kappa shape index (κ3) is 9.20. The van der Waals surface area contributed by atoms with Gasteiger partial charge in [0.15, 0.2) is 0 Å². The second-order valence-electron chi connectivity index (χ2n) is 6.79. The summed E-state index contributed by atoms with van der Waals surface area (Å²) in [6, 6.07) is 26.7. The van der Waals surface area contributed by atoms with Crippen LogP contribution in [-0.2, 0) is 32.0 Å². The first-order valence-corrected chi connectivity index (χ1v) is 14.3. The van der Waals surface area contributed by atoms with Gasteiger partial charge in [-0.2, -0.15) is 47.5 Å².